The predicted molar refractivity (Wildman–Crippen MR) is 106 cm³/mol. The van der Waals surface area contributed by atoms with Gasteiger partial charge in [0.15, 0.2) is 5.60 Å². The molecule has 1 aliphatic heterocycles. The van der Waals surface area contributed by atoms with Crippen molar-refractivity contribution in [3.8, 4) is 5.75 Å². The van der Waals surface area contributed by atoms with E-state index in [4.69, 9.17) is 16.3 Å². The van der Waals surface area contributed by atoms with Crippen molar-refractivity contribution in [3.05, 3.63) is 59.1 Å². The third-order valence-electron chi connectivity index (χ3n) is 4.48. The van der Waals surface area contributed by atoms with Gasteiger partial charge in [0.2, 0.25) is 5.91 Å². The molecule has 0 fully saturated rings. The molecule has 0 aliphatic carbocycles. The summed E-state index contributed by atoms with van der Waals surface area (Å²) in [7, 11) is 0. The van der Waals surface area contributed by atoms with Crippen molar-refractivity contribution < 1.29 is 14.3 Å². The van der Waals surface area contributed by atoms with Gasteiger partial charge >= 0.3 is 0 Å². The highest BCUT2D eigenvalue weighted by Gasteiger charge is 2.40. The van der Waals surface area contributed by atoms with E-state index in [2.05, 4.69) is 5.32 Å². The second-order valence-electron chi connectivity index (χ2n) is 7.02. The van der Waals surface area contributed by atoms with Crippen LogP contribution in [0, 0.1) is 0 Å². The lowest BCUT2D eigenvalue weighted by molar-refractivity contribution is -0.132. The van der Waals surface area contributed by atoms with Gasteiger partial charge in [0.25, 0.3) is 5.91 Å². The zero-order chi connectivity index (χ0) is 19.4. The molecule has 0 saturated carbocycles. The highest BCUT2D eigenvalue weighted by molar-refractivity contribution is 6.31. The van der Waals surface area contributed by atoms with E-state index in [0.29, 0.717) is 23.0 Å². The molecule has 6 heteroatoms. The first-order valence-corrected chi connectivity index (χ1v) is 9.36. The highest BCUT2D eigenvalue weighted by Crippen LogP contribution is 2.39. The number of anilines is 1. The number of halogens is 1. The Balaban J connectivity index is 1.60. The Morgan fingerprint density at radius 3 is 2.67 bits per heavy atom. The molecule has 1 N–H and O–H groups in total. The Morgan fingerprint density at radius 2 is 1.93 bits per heavy atom. The van der Waals surface area contributed by atoms with Crippen LogP contribution in [0.25, 0.3) is 0 Å². The Bertz CT molecular complexity index is 837. The second kappa shape index (κ2) is 8.01. The zero-order valence-electron chi connectivity index (χ0n) is 15.5. The van der Waals surface area contributed by atoms with Gasteiger partial charge in [-0.15, -0.1) is 0 Å². The number of benzene rings is 2. The Morgan fingerprint density at radius 1 is 1.19 bits per heavy atom. The maximum Gasteiger partial charge on any atom is 0.270 e. The van der Waals surface area contributed by atoms with Gasteiger partial charge in [-0.1, -0.05) is 41.9 Å². The van der Waals surface area contributed by atoms with Gasteiger partial charge in [-0.2, -0.15) is 0 Å². The molecule has 0 aromatic heterocycles. The van der Waals surface area contributed by atoms with Crippen molar-refractivity contribution in [1.29, 1.82) is 0 Å². The lowest BCUT2D eigenvalue weighted by atomic mass is 10.0. The van der Waals surface area contributed by atoms with E-state index in [1.54, 1.807) is 36.9 Å². The van der Waals surface area contributed by atoms with E-state index in [9.17, 15) is 9.59 Å². The average molecular weight is 387 g/mol. The first kappa shape index (κ1) is 19.2. The number of rotatable bonds is 6. The summed E-state index contributed by atoms with van der Waals surface area (Å²) in [6.07, 6.45) is 0.983. The molecule has 142 valence electrons. The van der Waals surface area contributed by atoms with Crippen LogP contribution < -0.4 is 15.0 Å². The number of amides is 2. The van der Waals surface area contributed by atoms with Crippen LogP contribution in [0.3, 0.4) is 0 Å². The molecule has 5 nitrogen and oxygen atoms in total. The monoisotopic (exact) mass is 386 g/mol. The minimum Gasteiger partial charge on any atom is -0.476 e. The molecule has 2 aromatic rings. The van der Waals surface area contributed by atoms with Gasteiger partial charge in [0.1, 0.15) is 5.75 Å². The average Bonchev–Trinajstić information content (AvgIpc) is 2.63. The van der Waals surface area contributed by atoms with E-state index in [0.717, 1.165) is 6.42 Å². The first-order valence-electron chi connectivity index (χ1n) is 8.98. The SMILES string of the molecule is CC1(C)Oc2ccc(Cl)cc2N(CCC(=O)NCCc2ccccc2)C1=O. The van der Waals surface area contributed by atoms with Crippen LogP contribution >= 0.6 is 11.6 Å². The van der Waals surface area contributed by atoms with Gasteiger partial charge in [-0.05, 0) is 44.0 Å². The van der Waals surface area contributed by atoms with Crippen molar-refractivity contribution in [2.75, 3.05) is 18.0 Å². The third kappa shape index (κ3) is 4.61. The summed E-state index contributed by atoms with van der Waals surface area (Å²) in [6.45, 7) is 4.28. The molecular formula is C21H23ClN2O3. The Hall–Kier alpha value is -2.53. The Kier molecular flexibility index (Phi) is 5.71. The predicted octanol–water partition coefficient (Wildman–Crippen LogP) is 3.59. The fraction of sp³-hybridized carbons (Fsp3) is 0.333. The highest BCUT2D eigenvalue weighted by atomic mass is 35.5. The van der Waals surface area contributed by atoms with E-state index in [-0.39, 0.29) is 24.8 Å². The molecule has 1 aliphatic rings. The van der Waals surface area contributed by atoms with Crippen LogP contribution in [0.2, 0.25) is 5.02 Å². The molecule has 2 aromatic carbocycles. The summed E-state index contributed by atoms with van der Waals surface area (Å²) in [5.41, 5.74) is 0.792. The zero-order valence-corrected chi connectivity index (χ0v) is 16.3. The molecule has 27 heavy (non-hydrogen) atoms. The normalized spacial score (nSPS) is 15.1. The van der Waals surface area contributed by atoms with Crippen LogP contribution in [-0.4, -0.2) is 30.5 Å². The number of hydrogen-bond acceptors (Lipinski definition) is 3. The van der Waals surface area contributed by atoms with Gasteiger partial charge in [-0.25, -0.2) is 0 Å². The minimum absolute atomic E-state index is 0.0911. The topological polar surface area (TPSA) is 58.6 Å². The lowest BCUT2D eigenvalue weighted by Gasteiger charge is -2.38. The quantitative estimate of drug-likeness (QED) is 0.825. The van der Waals surface area contributed by atoms with E-state index in [1.807, 2.05) is 30.3 Å². The molecule has 0 spiro atoms. The number of nitrogens with one attached hydrogen (secondary N) is 1. The molecule has 0 unspecified atom stereocenters. The van der Waals surface area contributed by atoms with Gasteiger partial charge in [-0.3, -0.25) is 9.59 Å². The van der Waals surface area contributed by atoms with Gasteiger partial charge < -0.3 is 15.0 Å². The van der Waals surface area contributed by atoms with Crippen LogP contribution in [0.4, 0.5) is 5.69 Å². The van der Waals surface area contributed by atoms with Crippen LogP contribution in [-0.2, 0) is 16.0 Å². The number of carbonyl (C=O) groups excluding carboxylic acids is 2. The summed E-state index contributed by atoms with van der Waals surface area (Å²) < 4.78 is 5.79. The lowest BCUT2D eigenvalue weighted by Crippen LogP contribution is -2.53. The summed E-state index contributed by atoms with van der Waals surface area (Å²) >= 11 is 6.08. The van der Waals surface area contributed by atoms with Crippen LogP contribution in [0.15, 0.2) is 48.5 Å². The summed E-state index contributed by atoms with van der Waals surface area (Å²) in [4.78, 5) is 26.6. The maximum absolute atomic E-state index is 12.8. The maximum atomic E-state index is 12.8. The fourth-order valence-corrected chi connectivity index (χ4v) is 3.22. The van der Waals surface area contributed by atoms with Crippen molar-refractivity contribution in [1.82, 2.24) is 5.32 Å². The molecule has 3 rings (SSSR count). The van der Waals surface area contributed by atoms with E-state index >= 15 is 0 Å². The van der Waals surface area contributed by atoms with Crippen molar-refractivity contribution in [2.24, 2.45) is 0 Å². The molecule has 2 amide bonds. The largest absolute Gasteiger partial charge is 0.476 e. The molecule has 0 radical (unpaired) electrons. The number of nitrogens with zero attached hydrogens (tertiary/aromatic N) is 1. The summed E-state index contributed by atoms with van der Waals surface area (Å²) in [6, 6.07) is 15.1. The number of hydrogen-bond donors (Lipinski definition) is 1. The standard InChI is InChI=1S/C21H23ClN2O3/c1-21(2)20(26)24(17-14-16(22)8-9-18(17)27-21)13-11-19(25)23-12-10-15-6-4-3-5-7-15/h3-9,14H,10-13H2,1-2H3,(H,23,25). The molecule has 1 heterocycles. The molecule has 0 bridgehead atoms. The molecular weight excluding hydrogens is 364 g/mol. The smallest absolute Gasteiger partial charge is 0.270 e. The second-order valence-corrected chi connectivity index (χ2v) is 7.45. The van der Waals surface area contributed by atoms with Crippen molar-refractivity contribution in [2.45, 2.75) is 32.3 Å². The number of carbonyl (C=O) groups is 2. The first-order chi connectivity index (χ1) is 12.9. The summed E-state index contributed by atoms with van der Waals surface area (Å²) in [5, 5.41) is 3.42. The van der Waals surface area contributed by atoms with Gasteiger partial charge in [0.05, 0.1) is 5.69 Å². The van der Waals surface area contributed by atoms with Crippen molar-refractivity contribution in [3.63, 3.8) is 0 Å². The van der Waals surface area contributed by atoms with Gasteiger partial charge in [0, 0.05) is 24.5 Å². The molecule has 0 saturated heterocycles. The summed E-state index contributed by atoms with van der Waals surface area (Å²) in [5.74, 6) is 0.314. The van der Waals surface area contributed by atoms with Crippen LogP contribution in [0.1, 0.15) is 25.8 Å². The van der Waals surface area contributed by atoms with E-state index in [1.165, 1.54) is 5.56 Å². The Labute approximate surface area is 164 Å². The minimum atomic E-state index is -0.982. The van der Waals surface area contributed by atoms with Crippen LogP contribution in [0.5, 0.6) is 5.75 Å². The third-order valence-corrected chi connectivity index (χ3v) is 4.71. The van der Waals surface area contributed by atoms with E-state index < -0.39 is 5.60 Å². The number of ether oxygens (including phenoxy) is 1. The number of fused-ring (bicyclic) bond motifs is 1. The fourth-order valence-electron chi connectivity index (χ4n) is 3.06. The van der Waals surface area contributed by atoms with Crippen molar-refractivity contribution >= 4 is 29.1 Å². The molecule has 0 atom stereocenters.